The second-order valence-corrected chi connectivity index (χ2v) is 11.1. The zero-order valence-corrected chi connectivity index (χ0v) is 26.2. The Hall–Kier alpha value is -2.95. The standard InChI is InChI=1S/C31H40N6O3.2ClH/c1-23(2)22-37-29-28(30(39)33(3)31(37)40)36(20-21-38)26(32-29)14-15-34-16-18-35(19-17-34)27(24-10-6-4-7-11-24)25-12-8-5-9-13-25;;/h4-13,23,27,38H,14-22H2,1-3H3;2*1H. The minimum atomic E-state index is -0.367. The molecule has 0 spiro atoms. The smallest absolute Gasteiger partial charge is 0.332 e. The van der Waals surface area contributed by atoms with Gasteiger partial charge in [0.1, 0.15) is 5.82 Å². The summed E-state index contributed by atoms with van der Waals surface area (Å²) in [4.78, 5) is 35.9. The SMILES string of the molecule is CC(C)Cn1c(=O)n(C)c(=O)c2c1nc(CCN1CCN(C(c3ccccc3)c3ccccc3)CC1)n2CCO.Cl.Cl. The van der Waals surface area contributed by atoms with Crippen LogP contribution in [-0.4, -0.2) is 72.9 Å². The summed E-state index contributed by atoms with van der Waals surface area (Å²) >= 11 is 0. The van der Waals surface area contributed by atoms with Gasteiger partial charge in [-0.25, -0.2) is 9.78 Å². The molecule has 4 aromatic rings. The van der Waals surface area contributed by atoms with Gasteiger partial charge in [-0.05, 0) is 17.0 Å². The molecule has 0 saturated carbocycles. The molecular weight excluding hydrogens is 575 g/mol. The minimum Gasteiger partial charge on any atom is -0.395 e. The van der Waals surface area contributed by atoms with Gasteiger partial charge in [0, 0.05) is 59.3 Å². The number of benzene rings is 2. The Morgan fingerprint density at radius 3 is 1.93 bits per heavy atom. The highest BCUT2D eigenvalue weighted by Crippen LogP contribution is 2.29. The van der Waals surface area contributed by atoms with E-state index in [-0.39, 0.29) is 61.2 Å². The van der Waals surface area contributed by atoms with Crippen molar-refractivity contribution in [3.05, 3.63) is 98.5 Å². The highest BCUT2D eigenvalue weighted by molar-refractivity contribution is 5.85. The summed E-state index contributed by atoms with van der Waals surface area (Å²) in [5.41, 5.74) is 2.69. The molecule has 9 nitrogen and oxygen atoms in total. The van der Waals surface area contributed by atoms with Crippen LogP contribution in [0.5, 0.6) is 0 Å². The van der Waals surface area contributed by atoms with Gasteiger partial charge in [0.25, 0.3) is 5.56 Å². The van der Waals surface area contributed by atoms with E-state index in [1.54, 1.807) is 4.57 Å². The molecule has 1 fully saturated rings. The first-order valence-corrected chi connectivity index (χ1v) is 14.2. The van der Waals surface area contributed by atoms with Crippen molar-refractivity contribution in [1.29, 1.82) is 0 Å². The molecule has 0 bridgehead atoms. The number of nitrogens with zero attached hydrogens (tertiary/aromatic N) is 6. The molecule has 1 aliphatic rings. The summed E-state index contributed by atoms with van der Waals surface area (Å²) in [5, 5.41) is 9.80. The van der Waals surface area contributed by atoms with Gasteiger partial charge in [-0.1, -0.05) is 74.5 Å². The van der Waals surface area contributed by atoms with Crippen LogP contribution in [0.3, 0.4) is 0 Å². The van der Waals surface area contributed by atoms with Gasteiger partial charge in [-0.3, -0.25) is 18.8 Å². The number of aliphatic hydroxyl groups excluding tert-OH is 1. The molecule has 11 heteroatoms. The van der Waals surface area contributed by atoms with Crippen LogP contribution in [0.15, 0.2) is 70.3 Å². The lowest BCUT2D eigenvalue weighted by Gasteiger charge is -2.39. The van der Waals surface area contributed by atoms with Crippen LogP contribution >= 0.6 is 24.8 Å². The molecule has 1 aliphatic heterocycles. The van der Waals surface area contributed by atoms with Gasteiger partial charge in [0.2, 0.25) is 0 Å². The summed E-state index contributed by atoms with van der Waals surface area (Å²) < 4.78 is 4.56. The van der Waals surface area contributed by atoms with Crippen molar-refractivity contribution in [1.82, 2.24) is 28.5 Å². The van der Waals surface area contributed by atoms with E-state index in [4.69, 9.17) is 4.98 Å². The van der Waals surface area contributed by atoms with Gasteiger partial charge in [-0.2, -0.15) is 0 Å². The number of hydrogen-bond donors (Lipinski definition) is 1. The maximum atomic E-state index is 13.1. The molecule has 0 radical (unpaired) electrons. The largest absolute Gasteiger partial charge is 0.395 e. The summed E-state index contributed by atoms with van der Waals surface area (Å²) in [6.45, 7) is 9.24. The molecule has 3 heterocycles. The molecule has 2 aromatic heterocycles. The van der Waals surface area contributed by atoms with Crippen LogP contribution in [0.2, 0.25) is 0 Å². The van der Waals surface area contributed by atoms with Crippen molar-refractivity contribution >= 4 is 36.0 Å². The first-order valence-electron chi connectivity index (χ1n) is 14.2. The van der Waals surface area contributed by atoms with E-state index in [1.807, 2.05) is 18.4 Å². The van der Waals surface area contributed by atoms with E-state index in [0.29, 0.717) is 24.1 Å². The Balaban J connectivity index is 0.00000242. The summed E-state index contributed by atoms with van der Waals surface area (Å²) in [7, 11) is 1.51. The zero-order chi connectivity index (χ0) is 28.2. The number of imidazole rings is 1. The van der Waals surface area contributed by atoms with Gasteiger partial charge in [-0.15, -0.1) is 24.8 Å². The first kappa shape index (κ1) is 33.6. The quantitative estimate of drug-likeness (QED) is 0.294. The maximum absolute atomic E-state index is 13.1. The van der Waals surface area contributed by atoms with E-state index >= 15 is 0 Å². The van der Waals surface area contributed by atoms with Gasteiger partial charge in [0.05, 0.1) is 12.6 Å². The number of piperazine rings is 1. The fraction of sp³-hybridized carbons (Fsp3) is 0.452. The Morgan fingerprint density at radius 2 is 1.40 bits per heavy atom. The van der Waals surface area contributed by atoms with Crippen LogP contribution in [0.1, 0.15) is 36.8 Å². The molecule has 2 aromatic carbocycles. The fourth-order valence-corrected chi connectivity index (χ4v) is 5.85. The predicted molar refractivity (Wildman–Crippen MR) is 172 cm³/mol. The third kappa shape index (κ3) is 6.98. The summed E-state index contributed by atoms with van der Waals surface area (Å²) in [5.74, 6) is 0.954. The zero-order valence-electron chi connectivity index (χ0n) is 24.6. The minimum absolute atomic E-state index is 0. The van der Waals surface area contributed by atoms with Crippen molar-refractivity contribution in [3.8, 4) is 0 Å². The third-order valence-electron chi connectivity index (χ3n) is 7.83. The monoisotopic (exact) mass is 616 g/mol. The van der Waals surface area contributed by atoms with E-state index < -0.39 is 0 Å². The topological polar surface area (TPSA) is 88.5 Å². The number of rotatable bonds is 10. The Labute approximate surface area is 259 Å². The van der Waals surface area contributed by atoms with Crippen LogP contribution in [0.4, 0.5) is 0 Å². The molecule has 0 aliphatic carbocycles. The molecular formula is C31H42Cl2N6O3. The van der Waals surface area contributed by atoms with Crippen molar-refractivity contribution in [2.24, 2.45) is 13.0 Å². The lowest BCUT2D eigenvalue weighted by Crippen LogP contribution is -2.48. The van der Waals surface area contributed by atoms with Gasteiger partial charge >= 0.3 is 5.69 Å². The van der Waals surface area contributed by atoms with Crippen molar-refractivity contribution in [2.75, 3.05) is 39.3 Å². The lowest BCUT2D eigenvalue weighted by molar-refractivity contribution is 0.110. The normalized spacial score (nSPS) is 14.3. The van der Waals surface area contributed by atoms with Crippen molar-refractivity contribution in [2.45, 2.75) is 39.4 Å². The number of fused-ring (bicyclic) bond motifs is 1. The molecule has 1 saturated heterocycles. The van der Waals surface area contributed by atoms with Crippen LogP contribution in [-0.2, 0) is 26.6 Å². The maximum Gasteiger partial charge on any atom is 0.332 e. The van der Waals surface area contributed by atoms with Gasteiger partial charge in [0.15, 0.2) is 11.2 Å². The van der Waals surface area contributed by atoms with Crippen LogP contribution in [0.25, 0.3) is 11.2 Å². The molecule has 0 atom stereocenters. The second kappa shape index (κ2) is 15.0. The predicted octanol–water partition coefficient (Wildman–Crippen LogP) is 3.34. The van der Waals surface area contributed by atoms with E-state index in [2.05, 4.69) is 70.5 Å². The van der Waals surface area contributed by atoms with Crippen molar-refractivity contribution < 1.29 is 5.11 Å². The molecule has 228 valence electrons. The van der Waals surface area contributed by atoms with Crippen LogP contribution < -0.4 is 11.2 Å². The highest BCUT2D eigenvalue weighted by Gasteiger charge is 2.27. The van der Waals surface area contributed by atoms with Crippen molar-refractivity contribution in [3.63, 3.8) is 0 Å². The lowest BCUT2D eigenvalue weighted by atomic mass is 9.96. The number of halogens is 2. The molecule has 5 rings (SSSR count). The van der Waals surface area contributed by atoms with Gasteiger partial charge < -0.3 is 14.6 Å². The van der Waals surface area contributed by atoms with Crippen LogP contribution in [0, 0.1) is 5.92 Å². The molecule has 42 heavy (non-hydrogen) atoms. The van der Waals surface area contributed by atoms with E-state index in [1.165, 1.54) is 18.2 Å². The average Bonchev–Trinajstić information content (AvgIpc) is 3.33. The highest BCUT2D eigenvalue weighted by atomic mass is 35.5. The summed E-state index contributed by atoms with van der Waals surface area (Å²) in [6.07, 6.45) is 0.633. The first-order chi connectivity index (χ1) is 19.4. The third-order valence-corrected chi connectivity index (χ3v) is 7.83. The number of aromatic nitrogens is 4. The average molecular weight is 618 g/mol. The molecule has 0 amide bonds. The number of hydrogen-bond acceptors (Lipinski definition) is 6. The second-order valence-electron chi connectivity index (χ2n) is 11.1. The Morgan fingerprint density at radius 1 is 0.833 bits per heavy atom. The Bertz CT molecular complexity index is 1500. The summed E-state index contributed by atoms with van der Waals surface area (Å²) in [6, 6.07) is 21.6. The fourth-order valence-electron chi connectivity index (χ4n) is 5.85. The molecule has 1 N–H and O–H groups in total. The number of aliphatic hydroxyl groups is 1. The molecule has 0 unspecified atom stereocenters. The Kier molecular flexibility index (Phi) is 12.0. The van der Waals surface area contributed by atoms with E-state index in [0.717, 1.165) is 43.1 Å². The van der Waals surface area contributed by atoms with E-state index in [9.17, 15) is 14.7 Å².